The van der Waals surface area contributed by atoms with Crippen molar-refractivity contribution in [2.75, 3.05) is 29.5 Å². The van der Waals surface area contributed by atoms with Crippen molar-refractivity contribution in [2.24, 2.45) is 0 Å². The summed E-state index contributed by atoms with van der Waals surface area (Å²) < 4.78 is 11.5. The van der Waals surface area contributed by atoms with Crippen molar-refractivity contribution >= 4 is 27.3 Å². The van der Waals surface area contributed by atoms with Crippen molar-refractivity contribution in [3.05, 3.63) is 10.6 Å². The van der Waals surface area contributed by atoms with E-state index in [9.17, 15) is 4.21 Å². The summed E-state index contributed by atoms with van der Waals surface area (Å²) in [6.07, 6.45) is 0. The fraction of sp³-hybridized carbons (Fsp3) is 0.800. The molecule has 2 heterocycles. The normalized spacial score (nSPS) is 17.7. The molecule has 0 spiro atoms. The molecule has 120 valence electrons. The molecule has 0 atom stereocenters. The van der Waals surface area contributed by atoms with Crippen LogP contribution in [0.4, 0.5) is 5.13 Å². The van der Waals surface area contributed by atoms with E-state index in [1.54, 1.807) is 11.3 Å². The zero-order valence-electron chi connectivity index (χ0n) is 13.7. The lowest BCUT2D eigenvalue weighted by Crippen LogP contribution is -2.37. The lowest BCUT2D eigenvalue weighted by atomic mass is 10.1. The molecule has 0 aliphatic carbocycles. The zero-order chi connectivity index (χ0) is 15.6. The topological polar surface area (TPSA) is 45.2 Å². The molecule has 0 aromatic carbocycles. The van der Waals surface area contributed by atoms with Crippen molar-refractivity contribution in [2.45, 2.75) is 52.6 Å². The largest absolute Gasteiger partial charge is 0.346 e. The second-order valence-electron chi connectivity index (χ2n) is 6.90. The van der Waals surface area contributed by atoms with Crippen LogP contribution in [0.5, 0.6) is 0 Å². The first-order valence-electron chi connectivity index (χ1n) is 7.61. The van der Waals surface area contributed by atoms with Crippen molar-refractivity contribution in [3.63, 3.8) is 0 Å². The molecule has 4 nitrogen and oxygen atoms in total. The Morgan fingerprint density at radius 3 is 2.48 bits per heavy atom. The van der Waals surface area contributed by atoms with Gasteiger partial charge in [-0.15, -0.1) is 11.3 Å². The quantitative estimate of drug-likeness (QED) is 0.922. The number of rotatable bonds is 4. The van der Waals surface area contributed by atoms with Gasteiger partial charge in [0.2, 0.25) is 0 Å². The number of thiazole rings is 1. The Morgan fingerprint density at radius 2 is 1.95 bits per heavy atom. The summed E-state index contributed by atoms with van der Waals surface area (Å²) in [5.41, 5.74) is 1.32. The molecular formula is C15H27N3OS2. The number of nitrogens with one attached hydrogen (secondary N) is 1. The minimum Gasteiger partial charge on any atom is -0.346 e. The van der Waals surface area contributed by atoms with Gasteiger partial charge in [-0.1, -0.05) is 13.8 Å². The summed E-state index contributed by atoms with van der Waals surface area (Å²) in [7, 11) is -0.634. The van der Waals surface area contributed by atoms with E-state index in [0.717, 1.165) is 36.3 Å². The summed E-state index contributed by atoms with van der Waals surface area (Å²) in [4.78, 5) is 8.49. The van der Waals surface area contributed by atoms with Gasteiger partial charge in [0, 0.05) is 52.4 Å². The standard InChI is InChI=1S/C15H27N3OS2/c1-11(2)13-12(10-16-15(3,4)5)20-14(17-13)18-6-8-21(19)9-7-18/h11,16H,6-10H2,1-5H3. The number of anilines is 1. The summed E-state index contributed by atoms with van der Waals surface area (Å²) in [6.45, 7) is 13.6. The van der Waals surface area contributed by atoms with E-state index in [-0.39, 0.29) is 5.54 Å². The monoisotopic (exact) mass is 329 g/mol. The van der Waals surface area contributed by atoms with Gasteiger partial charge in [-0.3, -0.25) is 4.21 Å². The van der Waals surface area contributed by atoms with Gasteiger partial charge in [-0.05, 0) is 26.7 Å². The van der Waals surface area contributed by atoms with Crippen LogP contribution in [0.25, 0.3) is 0 Å². The van der Waals surface area contributed by atoms with Crippen molar-refractivity contribution in [1.82, 2.24) is 10.3 Å². The fourth-order valence-corrected chi connectivity index (χ4v) is 4.50. The third kappa shape index (κ3) is 4.76. The summed E-state index contributed by atoms with van der Waals surface area (Å²) in [5, 5.41) is 4.66. The molecular weight excluding hydrogens is 302 g/mol. The first kappa shape index (κ1) is 16.9. The predicted octanol–water partition coefficient (Wildman–Crippen LogP) is 2.72. The van der Waals surface area contributed by atoms with Gasteiger partial charge in [0.1, 0.15) is 0 Å². The summed E-state index contributed by atoms with van der Waals surface area (Å²) in [5.74, 6) is 1.98. The maximum atomic E-state index is 11.5. The van der Waals surface area contributed by atoms with E-state index < -0.39 is 10.8 Å². The number of nitrogens with zero attached hydrogens (tertiary/aromatic N) is 2. The summed E-state index contributed by atoms with van der Waals surface area (Å²) >= 11 is 1.79. The van der Waals surface area contributed by atoms with Crippen LogP contribution >= 0.6 is 11.3 Å². The second-order valence-corrected chi connectivity index (χ2v) is 9.66. The van der Waals surface area contributed by atoms with E-state index in [1.807, 2.05) is 0 Å². The minimum absolute atomic E-state index is 0.112. The van der Waals surface area contributed by atoms with E-state index in [2.05, 4.69) is 44.8 Å². The molecule has 1 N–H and O–H groups in total. The fourth-order valence-electron chi connectivity index (χ4n) is 2.24. The molecule has 0 saturated carbocycles. The van der Waals surface area contributed by atoms with Crippen molar-refractivity contribution < 1.29 is 4.21 Å². The van der Waals surface area contributed by atoms with Crippen LogP contribution in [-0.2, 0) is 17.3 Å². The van der Waals surface area contributed by atoms with Gasteiger partial charge in [0.25, 0.3) is 0 Å². The minimum atomic E-state index is -0.634. The number of hydrogen-bond acceptors (Lipinski definition) is 5. The molecule has 1 fully saturated rings. The van der Waals surface area contributed by atoms with Crippen LogP contribution in [0.2, 0.25) is 0 Å². The average molecular weight is 330 g/mol. The maximum Gasteiger partial charge on any atom is 0.185 e. The van der Waals surface area contributed by atoms with Crippen LogP contribution in [-0.4, -0.2) is 39.3 Å². The van der Waals surface area contributed by atoms with Gasteiger partial charge >= 0.3 is 0 Å². The smallest absolute Gasteiger partial charge is 0.185 e. The molecule has 0 radical (unpaired) electrons. The molecule has 1 aromatic rings. The molecule has 6 heteroatoms. The van der Waals surface area contributed by atoms with Crippen molar-refractivity contribution in [3.8, 4) is 0 Å². The van der Waals surface area contributed by atoms with Crippen LogP contribution in [0.3, 0.4) is 0 Å². The number of hydrogen-bond donors (Lipinski definition) is 1. The Morgan fingerprint density at radius 1 is 1.33 bits per heavy atom. The Labute approximate surface area is 134 Å². The third-order valence-corrected chi connectivity index (χ3v) is 5.90. The van der Waals surface area contributed by atoms with Gasteiger partial charge in [-0.25, -0.2) is 4.98 Å². The highest BCUT2D eigenvalue weighted by molar-refractivity contribution is 7.85. The molecule has 0 amide bonds. The third-order valence-electron chi connectivity index (χ3n) is 3.49. The average Bonchev–Trinajstić information content (AvgIpc) is 2.81. The van der Waals surface area contributed by atoms with E-state index in [1.165, 1.54) is 10.6 Å². The van der Waals surface area contributed by atoms with Gasteiger partial charge in [0.15, 0.2) is 5.13 Å². The van der Waals surface area contributed by atoms with Crippen LogP contribution in [0, 0.1) is 0 Å². The zero-order valence-corrected chi connectivity index (χ0v) is 15.4. The Hall–Kier alpha value is -0.460. The molecule has 1 aliphatic heterocycles. The van der Waals surface area contributed by atoms with E-state index in [4.69, 9.17) is 4.98 Å². The Kier molecular flexibility index (Phi) is 5.43. The van der Waals surface area contributed by atoms with Gasteiger partial charge in [0.05, 0.1) is 5.69 Å². The molecule has 2 rings (SSSR count). The second kappa shape index (κ2) is 6.75. The first-order chi connectivity index (χ1) is 9.76. The van der Waals surface area contributed by atoms with E-state index >= 15 is 0 Å². The van der Waals surface area contributed by atoms with Crippen LogP contribution < -0.4 is 10.2 Å². The highest BCUT2D eigenvalue weighted by Crippen LogP contribution is 2.31. The summed E-state index contributed by atoms with van der Waals surface area (Å²) in [6, 6.07) is 0. The highest BCUT2D eigenvalue weighted by atomic mass is 32.2. The Balaban J connectivity index is 2.14. The number of aromatic nitrogens is 1. The predicted molar refractivity (Wildman–Crippen MR) is 92.9 cm³/mol. The molecule has 1 aromatic heterocycles. The van der Waals surface area contributed by atoms with E-state index in [0.29, 0.717) is 5.92 Å². The Bertz CT molecular complexity index is 496. The first-order valence-corrected chi connectivity index (χ1v) is 9.91. The maximum absolute atomic E-state index is 11.5. The van der Waals surface area contributed by atoms with Crippen molar-refractivity contribution in [1.29, 1.82) is 0 Å². The lowest BCUT2D eigenvalue weighted by molar-refractivity contribution is 0.425. The lowest BCUT2D eigenvalue weighted by Gasteiger charge is -2.25. The molecule has 1 aliphatic rings. The molecule has 1 saturated heterocycles. The van der Waals surface area contributed by atoms with Gasteiger partial charge in [-0.2, -0.15) is 0 Å². The van der Waals surface area contributed by atoms with Gasteiger partial charge < -0.3 is 10.2 Å². The van der Waals surface area contributed by atoms with Crippen LogP contribution in [0.1, 0.15) is 51.1 Å². The highest BCUT2D eigenvalue weighted by Gasteiger charge is 2.22. The SMILES string of the molecule is CC(C)c1nc(N2CCS(=O)CC2)sc1CNC(C)(C)C. The molecule has 0 unspecified atom stereocenters. The molecule has 21 heavy (non-hydrogen) atoms. The molecule has 0 bridgehead atoms. The van der Waals surface area contributed by atoms with Crippen LogP contribution in [0.15, 0.2) is 0 Å².